The minimum absolute atomic E-state index is 0.253. The van der Waals surface area contributed by atoms with Gasteiger partial charge >= 0.3 is 0 Å². The number of methoxy groups -OCH3 is 1. The second kappa shape index (κ2) is 12.1. The lowest BCUT2D eigenvalue weighted by atomic mass is 9.91. The summed E-state index contributed by atoms with van der Waals surface area (Å²) >= 11 is 0. The van der Waals surface area contributed by atoms with Crippen LogP contribution in [0.15, 0.2) is 12.2 Å². The van der Waals surface area contributed by atoms with Gasteiger partial charge in [-0.3, -0.25) is 0 Å². The Morgan fingerprint density at radius 3 is 2.21 bits per heavy atom. The maximum Gasteiger partial charge on any atom is 0.0799 e. The van der Waals surface area contributed by atoms with Gasteiger partial charge in [-0.15, -0.1) is 0 Å². The van der Waals surface area contributed by atoms with E-state index in [1.165, 1.54) is 18.4 Å². The van der Waals surface area contributed by atoms with Crippen molar-refractivity contribution in [3.63, 3.8) is 0 Å². The first-order chi connectivity index (χ1) is 11.1. The molecule has 1 aliphatic rings. The van der Waals surface area contributed by atoms with Crippen molar-refractivity contribution >= 4 is 0 Å². The molecule has 0 aromatic carbocycles. The molecule has 24 heavy (non-hydrogen) atoms. The molecular formula is C21H43NO2. The highest BCUT2D eigenvalue weighted by Crippen LogP contribution is 2.27. The molecule has 0 radical (unpaired) electrons. The molecule has 0 spiro atoms. The van der Waals surface area contributed by atoms with Crippen LogP contribution in [0.1, 0.15) is 67.7 Å². The Bertz CT molecular complexity index is 341. The zero-order valence-corrected chi connectivity index (χ0v) is 17.8. The highest BCUT2D eigenvalue weighted by Gasteiger charge is 2.25. The summed E-state index contributed by atoms with van der Waals surface area (Å²) in [6, 6.07) is 1.13. The molecule has 3 heteroatoms. The standard InChI is InChI=1S/C15H29NO.C6H14O/c1-11(2)16(6)13(4)10-15-14(5)12(3)8-7-9-17-15;1-5(2)6(3)7-4/h11-13,15H,5,7-10H2,1-4,6H3;5-6H,1-4H3. The molecule has 3 nitrogen and oxygen atoms in total. The van der Waals surface area contributed by atoms with Crippen molar-refractivity contribution in [2.24, 2.45) is 11.8 Å². The molecule has 1 heterocycles. The fraction of sp³-hybridized carbons (Fsp3) is 0.905. The molecule has 0 bridgehead atoms. The van der Waals surface area contributed by atoms with Crippen molar-refractivity contribution in [1.82, 2.24) is 4.90 Å². The molecule has 0 aliphatic carbocycles. The summed E-state index contributed by atoms with van der Waals surface area (Å²) in [6.45, 7) is 20.6. The maximum absolute atomic E-state index is 5.96. The minimum Gasteiger partial charge on any atom is -0.381 e. The molecule has 1 rings (SSSR count). The summed E-state index contributed by atoms with van der Waals surface area (Å²) in [4.78, 5) is 2.41. The zero-order valence-electron chi connectivity index (χ0n) is 17.8. The van der Waals surface area contributed by atoms with Gasteiger partial charge < -0.3 is 14.4 Å². The first-order valence-electron chi connectivity index (χ1n) is 9.66. The highest BCUT2D eigenvalue weighted by molar-refractivity contribution is 5.08. The molecule has 0 N–H and O–H groups in total. The predicted molar refractivity (Wildman–Crippen MR) is 106 cm³/mol. The molecule has 1 saturated heterocycles. The summed E-state index contributed by atoms with van der Waals surface area (Å²) < 4.78 is 11.0. The van der Waals surface area contributed by atoms with Crippen LogP contribution in [0.25, 0.3) is 0 Å². The van der Waals surface area contributed by atoms with Crippen molar-refractivity contribution in [1.29, 1.82) is 0 Å². The fourth-order valence-corrected chi connectivity index (χ4v) is 2.70. The second-order valence-electron chi connectivity index (χ2n) is 8.01. The monoisotopic (exact) mass is 341 g/mol. The third kappa shape index (κ3) is 8.64. The lowest BCUT2D eigenvalue weighted by molar-refractivity contribution is 0.0530. The van der Waals surface area contributed by atoms with Gasteiger partial charge in [-0.05, 0) is 71.4 Å². The Morgan fingerprint density at radius 1 is 1.21 bits per heavy atom. The molecule has 0 aromatic rings. The van der Waals surface area contributed by atoms with Gasteiger partial charge in [-0.2, -0.15) is 0 Å². The van der Waals surface area contributed by atoms with Crippen molar-refractivity contribution in [3.8, 4) is 0 Å². The summed E-state index contributed by atoms with van der Waals surface area (Å²) in [5.74, 6) is 1.25. The van der Waals surface area contributed by atoms with E-state index in [0.717, 1.165) is 13.0 Å². The van der Waals surface area contributed by atoms with Crippen LogP contribution in [0.3, 0.4) is 0 Å². The third-order valence-corrected chi connectivity index (χ3v) is 5.52. The van der Waals surface area contributed by atoms with E-state index < -0.39 is 0 Å². The normalized spacial score (nSPS) is 24.6. The second-order valence-corrected chi connectivity index (χ2v) is 8.01. The molecule has 0 amide bonds. The van der Waals surface area contributed by atoms with Gasteiger partial charge in [0.2, 0.25) is 0 Å². The van der Waals surface area contributed by atoms with Crippen LogP contribution in [0, 0.1) is 11.8 Å². The van der Waals surface area contributed by atoms with Gasteiger partial charge in [0.15, 0.2) is 0 Å². The van der Waals surface area contributed by atoms with Gasteiger partial charge in [0, 0.05) is 25.8 Å². The van der Waals surface area contributed by atoms with Crippen molar-refractivity contribution in [3.05, 3.63) is 12.2 Å². The van der Waals surface area contributed by atoms with E-state index in [2.05, 4.69) is 67.0 Å². The van der Waals surface area contributed by atoms with E-state index in [9.17, 15) is 0 Å². The SMILES string of the molecule is C=C1C(C)CCCOC1CC(C)N(C)C(C)C.COC(C)C(C)C. The van der Waals surface area contributed by atoms with E-state index in [-0.39, 0.29) is 6.10 Å². The van der Waals surface area contributed by atoms with E-state index >= 15 is 0 Å². The smallest absolute Gasteiger partial charge is 0.0799 e. The maximum atomic E-state index is 5.96. The fourth-order valence-electron chi connectivity index (χ4n) is 2.70. The van der Waals surface area contributed by atoms with E-state index in [4.69, 9.17) is 9.47 Å². The molecule has 0 aromatic heterocycles. The summed E-state index contributed by atoms with van der Waals surface area (Å²) in [6.07, 6.45) is 4.12. The molecule has 144 valence electrons. The van der Waals surface area contributed by atoms with Crippen LogP contribution in [0.5, 0.6) is 0 Å². The molecule has 1 fully saturated rings. The van der Waals surface area contributed by atoms with Crippen molar-refractivity contribution < 1.29 is 9.47 Å². The molecule has 0 saturated carbocycles. The Kier molecular flexibility index (Phi) is 11.9. The van der Waals surface area contributed by atoms with E-state index in [0.29, 0.717) is 30.0 Å². The number of rotatable bonds is 6. The van der Waals surface area contributed by atoms with Crippen molar-refractivity contribution in [2.45, 2.75) is 92.0 Å². The molecule has 4 unspecified atom stereocenters. The Hall–Kier alpha value is -0.380. The van der Waals surface area contributed by atoms with Crippen LogP contribution in [-0.4, -0.2) is 50.0 Å². The number of ether oxygens (including phenoxy) is 2. The molecule has 1 aliphatic heterocycles. The summed E-state index contributed by atoms with van der Waals surface area (Å²) in [7, 11) is 3.93. The topological polar surface area (TPSA) is 21.7 Å². The Morgan fingerprint density at radius 2 is 1.79 bits per heavy atom. The van der Waals surface area contributed by atoms with Crippen LogP contribution in [-0.2, 0) is 9.47 Å². The van der Waals surface area contributed by atoms with Crippen LogP contribution in [0.4, 0.5) is 0 Å². The quantitative estimate of drug-likeness (QED) is 0.623. The third-order valence-electron chi connectivity index (χ3n) is 5.52. The Balaban J connectivity index is 0.000000640. The average molecular weight is 342 g/mol. The van der Waals surface area contributed by atoms with Gasteiger partial charge in [0.1, 0.15) is 0 Å². The number of hydrogen-bond acceptors (Lipinski definition) is 3. The highest BCUT2D eigenvalue weighted by atomic mass is 16.5. The number of hydrogen-bond donors (Lipinski definition) is 0. The largest absolute Gasteiger partial charge is 0.381 e. The summed E-state index contributed by atoms with van der Waals surface area (Å²) in [5, 5.41) is 0. The number of nitrogens with zero attached hydrogens (tertiary/aromatic N) is 1. The molecular weight excluding hydrogens is 298 g/mol. The van der Waals surface area contributed by atoms with Gasteiger partial charge in [0.05, 0.1) is 12.2 Å². The summed E-state index contributed by atoms with van der Waals surface area (Å²) in [5.41, 5.74) is 1.30. The minimum atomic E-state index is 0.253. The van der Waals surface area contributed by atoms with Gasteiger partial charge in [-0.25, -0.2) is 0 Å². The predicted octanol–water partition coefficient (Wildman–Crippen LogP) is 5.15. The Labute approximate surface area is 151 Å². The van der Waals surface area contributed by atoms with Crippen LogP contribution < -0.4 is 0 Å². The zero-order chi connectivity index (χ0) is 18.9. The van der Waals surface area contributed by atoms with Crippen molar-refractivity contribution in [2.75, 3.05) is 20.8 Å². The average Bonchev–Trinajstić information content (AvgIpc) is 2.69. The van der Waals surface area contributed by atoms with Gasteiger partial charge in [0.25, 0.3) is 0 Å². The lowest BCUT2D eigenvalue weighted by Crippen LogP contribution is -2.38. The lowest BCUT2D eigenvalue weighted by Gasteiger charge is -2.32. The molecule has 4 atom stereocenters. The van der Waals surface area contributed by atoms with E-state index in [1.54, 1.807) is 7.11 Å². The first-order valence-corrected chi connectivity index (χ1v) is 9.66. The first kappa shape index (κ1) is 23.6. The van der Waals surface area contributed by atoms with Crippen LogP contribution in [0.2, 0.25) is 0 Å². The van der Waals surface area contributed by atoms with E-state index in [1.807, 2.05) is 0 Å². The van der Waals surface area contributed by atoms with Gasteiger partial charge in [-0.1, -0.05) is 27.4 Å². The van der Waals surface area contributed by atoms with Crippen LogP contribution >= 0.6 is 0 Å².